The van der Waals surface area contributed by atoms with Crippen LogP contribution in [0, 0.1) is 18.8 Å². The predicted octanol–water partition coefficient (Wildman–Crippen LogP) is 1.51. The Morgan fingerprint density at radius 1 is 1.33 bits per heavy atom. The van der Waals surface area contributed by atoms with Crippen molar-refractivity contribution in [2.75, 3.05) is 11.9 Å². The highest BCUT2D eigenvalue weighted by Gasteiger charge is 2.09. The van der Waals surface area contributed by atoms with Gasteiger partial charge >= 0.3 is 5.63 Å². The fourth-order valence-electron chi connectivity index (χ4n) is 1.70. The van der Waals surface area contributed by atoms with Gasteiger partial charge in [0.2, 0.25) is 0 Å². The lowest BCUT2D eigenvalue weighted by molar-refractivity contribution is 0.102. The third-order valence-corrected chi connectivity index (χ3v) is 2.71. The second-order valence-corrected chi connectivity index (χ2v) is 4.35. The van der Waals surface area contributed by atoms with Gasteiger partial charge < -0.3 is 15.5 Å². The highest BCUT2D eigenvalue weighted by atomic mass is 16.4. The van der Waals surface area contributed by atoms with Crippen LogP contribution in [0.3, 0.4) is 0 Å². The van der Waals surface area contributed by atoms with Crippen LogP contribution in [0.2, 0.25) is 0 Å². The van der Waals surface area contributed by atoms with Gasteiger partial charge in [-0.05, 0) is 30.7 Å². The third kappa shape index (κ3) is 3.81. The smallest absolute Gasteiger partial charge is 0.335 e. The number of hydrogen-bond acceptors (Lipinski definition) is 4. The molecule has 0 saturated heterocycles. The summed E-state index contributed by atoms with van der Waals surface area (Å²) in [5.41, 5.74) is 7.37. The Hall–Kier alpha value is -2.84. The molecule has 1 aromatic heterocycles. The molecule has 5 heteroatoms. The molecule has 1 heterocycles. The van der Waals surface area contributed by atoms with Crippen molar-refractivity contribution in [3.8, 4) is 11.8 Å². The zero-order chi connectivity index (χ0) is 15.2. The molecule has 21 heavy (non-hydrogen) atoms. The highest BCUT2D eigenvalue weighted by molar-refractivity contribution is 6.04. The van der Waals surface area contributed by atoms with Crippen molar-refractivity contribution in [1.29, 1.82) is 0 Å². The maximum atomic E-state index is 12.1. The minimum atomic E-state index is -0.503. The van der Waals surface area contributed by atoms with Crippen molar-refractivity contribution >= 4 is 11.6 Å². The first-order chi connectivity index (χ1) is 10.1. The number of nitrogens with one attached hydrogen (secondary N) is 1. The van der Waals surface area contributed by atoms with Crippen LogP contribution in [0.1, 0.15) is 21.5 Å². The first kappa shape index (κ1) is 14.6. The summed E-state index contributed by atoms with van der Waals surface area (Å²) in [7, 11) is 0. The monoisotopic (exact) mass is 282 g/mol. The molecule has 3 N–H and O–H groups in total. The van der Waals surface area contributed by atoms with Crippen LogP contribution in [0.4, 0.5) is 5.69 Å². The van der Waals surface area contributed by atoms with E-state index in [9.17, 15) is 9.59 Å². The number of carbonyl (C=O) groups excluding carboxylic acids is 1. The van der Waals surface area contributed by atoms with Gasteiger partial charge in [0.05, 0.1) is 17.8 Å². The van der Waals surface area contributed by atoms with Gasteiger partial charge in [0.25, 0.3) is 5.91 Å². The molecule has 1 amide bonds. The lowest BCUT2D eigenvalue weighted by Crippen LogP contribution is -2.14. The summed E-state index contributed by atoms with van der Waals surface area (Å²) in [5.74, 6) is 5.28. The number of nitrogens with two attached hydrogens (primary N) is 1. The first-order valence-corrected chi connectivity index (χ1v) is 6.30. The Balaban J connectivity index is 2.29. The van der Waals surface area contributed by atoms with Gasteiger partial charge in [-0.1, -0.05) is 17.9 Å². The largest absolute Gasteiger partial charge is 0.430 e. The van der Waals surface area contributed by atoms with Crippen LogP contribution in [0.25, 0.3) is 0 Å². The van der Waals surface area contributed by atoms with Crippen LogP contribution >= 0.6 is 0 Å². The summed E-state index contributed by atoms with van der Waals surface area (Å²) >= 11 is 0. The lowest BCUT2D eigenvalue weighted by Gasteiger charge is -2.08. The number of carbonyl (C=O) groups is 1. The minimum Gasteiger partial charge on any atom is -0.430 e. The predicted molar refractivity (Wildman–Crippen MR) is 80.0 cm³/mol. The summed E-state index contributed by atoms with van der Waals surface area (Å²) in [6.45, 7) is 2.16. The van der Waals surface area contributed by atoms with Crippen LogP contribution in [-0.2, 0) is 0 Å². The fourth-order valence-corrected chi connectivity index (χ4v) is 1.70. The molecule has 0 radical (unpaired) electrons. The van der Waals surface area contributed by atoms with Crippen LogP contribution < -0.4 is 16.7 Å². The van der Waals surface area contributed by atoms with E-state index in [2.05, 4.69) is 21.6 Å². The highest BCUT2D eigenvalue weighted by Crippen LogP contribution is 2.17. The fraction of sp³-hybridized carbons (Fsp3) is 0.125. The second-order valence-electron chi connectivity index (χ2n) is 4.35. The summed E-state index contributed by atoms with van der Waals surface area (Å²) in [5, 5.41) is 2.75. The van der Waals surface area contributed by atoms with Gasteiger partial charge in [-0.3, -0.25) is 4.79 Å². The van der Waals surface area contributed by atoms with Crippen molar-refractivity contribution in [2.24, 2.45) is 5.73 Å². The van der Waals surface area contributed by atoms with E-state index in [0.717, 1.165) is 11.8 Å². The van der Waals surface area contributed by atoms with Gasteiger partial charge in [-0.25, -0.2) is 4.79 Å². The van der Waals surface area contributed by atoms with Crippen molar-refractivity contribution in [3.05, 3.63) is 63.7 Å². The van der Waals surface area contributed by atoms with Gasteiger partial charge in [0.15, 0.2) is 0 Å². The van der Waals surface area contributed by atoms with Crippen molar-refractivity contribution in [2.45, 2.75) is 6.92 Å². The van der Waals surface area contributed by atoms with Gasteiger partial charge in [0, 0.05) is 11.6 Å². The number of hydrogen-bond donors (Lipinski definition) is 2. The second kappa shape index (κ2) is 6.55. The summed E-state index contributed by atoms with van der Waals surface area (Å²) in [6.07, 6.45) is 1.12. The van der Waals surface area contributed by atoms with Crippen LogP contribution in [0.15, 0.2) is 45.8 Å². The number of amides is 1. The quantitative estimate of drug-likeness (QED) is 0.818. The Kier molecular flexibility index (Phi) is 4.54. The Bertz CT molecular complexity index is 762. The maximum Gasteiger partial charge on any atom is 0.335 e. The average molecular weight is 282 g/mol. The first-order valence-electron chi connectivity index (χ1n) is 6.30. The number of rotatable bonds is 2. The average Bonchev–Trinajstić information content (AvgIpc) is 2.47. The van der Waals surface area contributed by atoms with Gasteiger partial charge in [-0.2, -0.15) is 0 Å². The molecule has 2 aromatic rings. The molecule has 0 unspecified atom stereocenters. The van der Waals surface area contributed by atoms with Gasteiger partial charge in [0.1, 0.15) is 6.26 Å². The maximum absolute atomic E-state index is 12.1. The molecule has 5 nitrogen and oxygen atoms in total. The molecular formula is C16H14N2O3. The molecule has 0 fully saturated rings. The molecule has 0 spiro atoms. The molecule has 2 rings (SSSR count). The zero-order valence-corrected chi connectivity index (χ0v) is 11.5. The summed E-state index contributed by atoms with van der Waals surface area (Å²) in [4.78, 5) is 23.0. The van der Waals surface area contributed by atoms with E-state index in [-0.39, 0.29) is 18.0 Å². The normalized spacial score (nSPS) is 9.62. The van der Waals surface area contributed by atoms with Crippen molar-refractivity contribution in [3.63, 3.8) is 0 Å². The van der Waals surface area contributed by atoms with Gasteiger partial charge in [-0.15, -0.1) is 0 Å². The molecule has 0 atom stereocenters. The number of aryl methyl sites for hydroxylation is 1. The molecule has 1 aromatic carbocycles. The van der Waals surface area contributed by atoms with E-state index in [0.29, 0.717) is 11.3 Å². The molecule has 106 valence electrons. The van der Waals surface area contributed by atoms with Crippen LogP contribution in [0.5, 0.6) is 0 Å². The van der Waals surface area contributed by atoms with Crippen LogP contribution in [-0.4, -0.2) is 12.5 Å². The van der Waals surface area contributed by atoms with Crippen molar-refractivity contribution in [1.82, 2.24) is 0 Å². The topological polar surface area (TPSA) is 85.3 Å². The molecule has 0 aliphatic carbocycles. The Morgan fingerprint density at radius 3 is 2.81 bits per heavy atom. The van der Waals surface area contributed by atoms with E-state index >= 15 is 0 Å². The van der Waals surface area contributed by atoms with E-state index in [1.54, 1.807) is 0 Å². The van der Waals surface area contributed by atoms with Crippen molar-refractivity contribution < 1.29 is 9.21 Å². The standard InChI is InChI=1S/C16H14N2O3/c1-11-4-5-12(3-2-8-17)14(9-11)18-16(20)13-6-7-15(19)21-10-13/h4-7,9-10H,8,17H2,1H3,(H,18,20). The number of benzene rings is 1. The summed E-state index contributed by atoms with van der Waals surface area (Å²) in [6, 6.07) is 8.14. The Labute approximate surface area is 121 Å². The molecule has 0 bridgehead atoms. The summed E-state index contributed by atoms with van der Waals surface area (Å²) < 4.78 is 4.68. The SMILES string of the molecule is Cc1ccc(C#CCN)c(NC(=O)c2ccc(=O)oc2)c1. The third-order valence-electron chi connectivity index (χ3n) is 2.71. The molecular weight excluding hydrogens is 268 g/mol. The Morgan fingerprint density at radius 2 is 2.14 bits per heavy atom. The zero-order valence-electron chi connectivity index (χ0n) is 11.5. The molecule has 0 aliphatic rings. The lowest BCUT2D eigenvalue weighted by atomic mass is 10.1. The van der Waals surface area contributed by atoms with E-state index in [1.807, 2.05) is 25.1 Å². The van der Waals surface area contributed by atoms with E-state index < -0.39 is 5.63 Å². The number of anilines is 1. The van der Waals surface area contributed by atoms with E-state index in [1.165, 1.54) is 12.1 Å². The molecule has 0 aliphatic heterocycles. The van der Waals surface area contributed by atoms with E-state index in [4.69, 9.17) is 5.73 Å². The minimum absolute atomic E-state index is 0.241. The molecule has 0 saturated carbocycles.